The Kier molecular flexibility index (Phi) is 4.71. The first kappa shape index (κ1) is 17.3. The van der Waals surface area contributed by atoms with Crippen LogP contribution in [0.4, 0.5) is 5.95 Å². The van der Waals surface area contributed by atoms with Crippen LogP contribution in [0, 0.1) is 13.8 Å². The molecule has 1 aliphatic heterocycles. The summed E-state index contributed by atoms with van der Waals surface area (Å²) in [5.41, 5.74) is 3.10. The van der Waals surface area contributed by atoms with Crippen molar-refractivity contribution in [1.82, 2.24) is 24.6 Å². The summed E-state index contributed by atoms with van der Waals surface area (Å²) in [7, 11) is 5.64. The van der Waals surface area contributed by atoms with Crippen LogP contribution in [-0.4, -0.2) is 64.3 Å². The van der Waals surface area contributed by atoms with Crippen LogP contribution in [0.2, 0.25) is 0 Å². The normalized spacial score (nSPS) is 17.6. The van der Waals surface area contributed by atoms with E-state index >= 15 is 0 Å². The fraction of sp³-hybridized carbons (Fsp3) is 0.529. The van der Waals surface area contributed by atoms with Crippen LogP contribution in [0.5, 0.6) is 0 Å². The van der Waals surface area contributed by atoms with E-state index in [1.165, 1.54) is 0 Å². The zero-order valence-corrected chi connectivity index (χ0v) is 15.4. The van der Waals surface area contributed by atoms with E-state index in [-0.39, 0.29) is 12.0 Å². The molecule has 2 aromatic heterocycles. The van der Waals surface area contributed by atoms with Crippen molar-refractivity contribution in [3.63, 3.8) is 0 Å². The van der Waals surface area contributed by atoms with E-state index in [0.717, 1.165) is 17.1 Å². The van der Waals surface area contributed by atoms with Gasteiger partial charge in [-0.3, -0.25) is 9.48 Å². The number of hydrogen-bond donors (Lipinski definition) is 0. The van der Waals surface area contributed by atoms with Crippen LogP contribution in [0.3, 0.4) is 0 Å². The van der Waals surface area contributed by atoms with Gasteiger partial charge in [0.15, 0.2) is 0 Å². The average molecular weight is 344 g/mol. The maximum Gasteiger partial charge on any atom is 0.257 e. The molecule has 1 aliphatic rings. The number of amides is 1. The fourth-order valence-electron chi connectivity index (χ4n) is 3.01. The Balaban J connectivity index is 1.81. The van der Waals surface area contributed by atoms with Gasteiger partial charge in [-0.25, -0.2) is 9.97 Å². The van der Waals surface area contributed by atoms with Crippen LogP contribution in [-0.2, 0) is 11.8 Å². The van der Waals surface area contributed by atoms with E-state index in [0.29, 0.717) is 31.2 Å². The van der Waals surface area contributed by atoms with E-state index < -0.39 is 0 Å². The Morgan fingerprint density at radius 1 is 1.36 bits per heavy atom. The van der Waals surface area contributed by atoms with Crippen molar-refractivity contribution in [2.24, 2.45) is 7.05 Å². The van der Waals surface area contributed by atoms with Crippen LogP contribution < -0.4 is 4.90 Å². The smallest absolute Gasteiger partial charge is 0.257 e. The molecule has 8 nitrogen and oxygen atoms in total. The number of aromatic nitrogens is 4. The number of carbonyl (C=O) groups excluding carboxylic acids is 1. The fourth-order valence-corrected chi connectivity index (χ4v) is 3.01. The summed E-state index contributed by atoms with van der Waals surface area (Å²) < 4.78 is 7.60. The monoisotopic (exact) mass is 344 g/mol. The minimum atomic E-state index is -0.253. The lowest BCUT2D eigenvalue weighted by Crippen LogP contribution is -2.42. The minimum Gasteiger partial charge on any atom is -0.368 e. The highest BCUT2D eigenvalue weighted by Gasteiger charge is 2.30. The van der Waals surface area contributed by atoms with Crippen molar-refractivity contribution < 1.29 is 9.53 Å². The van der Waals surface area contributed by atoms with Gasteiger partial charge < -0.3 is 14.5 Å². The number of carbonyl (C=O) groups is 1. The first-order valence-electron chi connectivity index (χ1n) is 8.29. The Bertz CT molecular complexity index is 785. The molecule has 1 amide bonds. The number of ether oxygens (including phenoxy) is 1. The number of anilines is 1. The molecule has 25 heavy (non-hydrogen) atoms. The summed E-state index contributed by atoms with van der Waals surface area (Å²) in [4.78, 5) is 25.4. The van der Waals surface area contributed by atoms with Gasteiger partial charge in [0, 0.05) is 39.6 Å². The highest BCUT2D eigenvalue weighted by atomic mass is 16.5. The van der Waals surface area contributed by atoms with Crippen molar-refractivity contribution in [2.45, 2.75) is 20.0 Å². The maximum absolute atomic E-state index is 13.0. The molecule has 1 saturated heterocycles. The standard InChI is InChI=1S/C17H24N6O2/c1-11-15(12(2)22(5)20-11)16(24)23-8-9-25-14(10-23)13-6-7-18-17(19-13)21(3)4/h6-7,14H,8-10H2,1-5H3. The van der Waals surface area contributed by atoms with Crippen molar-refractivity contribution in [3.8, 4) is 0 Å². The van der Waals surface area contributed by atoms with Gasteiger partial charge in [0.2, 0.25) is 5.95 Å². The molecule has 2 aromatic rings. The lowest BCUT2D eigenvalue weighted by molar-refractivity contribution is -0.0247. The van der Waals surface area contributed by atoms with Crippen molar-refractivity contribution >= 4 is 11.9 Å². The lowest BCUT2D eigenvalue weighted by Gasteiger charge is -2.33. The van der Waals surface area contributed by atoms with Crippen LogP contribution in [0.15, 0.2) is 12.3 Å². The Morgan fingerprint density at radius 2 is 2.12 bits per heavy atom. The van der Waals surface area contributed by atoms with Gasteiger partial charge in [0.05, 0.1) is 30.1 Å². The van der Waals surface area contributed by atoms with Crippen LogP contribution >= 0.6 is 0 Å². The quantitative estimate of drug-likeness (QED) is 0.830. The molecular weight excluding hydrogens is 320 g/mol. The van der Waals surface area contributed by atoms with E-state index in [1.807, 2.05) is 50.9 Å². The Hall–Kier alpha value is -2.48. The number of morpholine rings is 1. The molecule has 0 spiro atoms. The van der Waals surface area contributed by atoms with E-state index in [9.17, 15) is 4.79 Å². The van der Waals surface area contributed by atoms with Gasteiger partial charge >= 0.3 is 0 Å². The molecule has 8 heteroatoms. The van der Waals surface area contributed by atoms with Gasteiger partial charge in [-0.2, -0.15) is 5.10 Å². The van der Waals surface area contributed by atoms with Gasteiger partial charge in [-0.05, 0) is 19.9 Å². The Morgan fingerprint density at radius 3 is 2.76 bits per heavy atom. The van der Waals surface area contributed by atoms with Gasteiger partial charge in [-0.15, -0.1) is 0 Å². The molecule has 134 valence electrons. The van der Waals surface area contributed by atoms with E-state index in [2.05, 4.69) is 15.1 Å². The summed E-state index contributed by atoms with van der Waals surface area (Å²) in [6.45, 7) is 5.30. The zero-order valence-electron chi connectivity index (χ0n) is 15.4. The lowest BCUT2D eigenvalue weighted by atomic mass is 10.1. The molecule has 0 saturated carbocycles. The van der Waals surface area contributed by atoms with E-state index in [1.54, 1.807) is 10.9 Å². The predicted molar refractivity (Wildman–Crippen MR) is 93.6 cm³/mol. The van der Waals surface area contributed by atoms with Crippen molar-refractivity contribution in [1.29, 1.82) is 0 Å². The highest BCUT2D eigenvalue weighted by molar-refractivity contribution is 5.96. The van der Waals surface area contributed by atoms with Crippen LogP contribution in [0.25, 0.3) is 0 Å². The first-order valence-corrected chi connectivity index (χ1v) is 8.29. The molecule has 0 aliphatic carbocycles. The van der Waals surface area contributed by atoms with Crippen molar-refractivity contribution in [2.75, 3.05) is 38.7 Å². The SMILES string of the molecule is Cc1nn(C)c(C)c1C(=O)N1CCOC(c2ccnc(N(C)C)n2)C1. The minimum absolute atomic E-state index is 0.00158. The first-order chi connectivity index (χ1) is 11.9. The molecule has 1 unspecified atom stereocenters. The van der Waals surface area contributed by atoms with Gasteiger partial charge in [0.1, 0.15) is 6.10 Å². The number of rotatable bonds is 3. The average Bonchev–Trinajstić information content (AvgIpc) is 2.86. The van der Waals surface area contributed by atoms with Crippen molar-refractivity contribution in [3.05, 3.63) is 34.9 Å². The third kappa shape index (κ3) is 3.34. The van der Waals surface area contributed by atoms with Gasteiger partial charge in [-0.1, -0.05) is 0 Å². The Labute approximate surface area is 147 Å². The summed E-state index contributed by atoms with van der Waals surface area (Å²) in [5.74, 6) is 0.627. The number of hydrogen-bond acceptors (Lipinski definition) is 6. The third-order valence-electron chi connectivity index (χ3n) is 4.47. The molecule has 1 fully saturated rings. The third-order valence-corrected chi connectivity index (χ3v) is 4.47. The molecule has 0 bridgehead atoms. The second-order valence-electron chi connectivity index (χ2n) is 6.46. The zero-order chi connectivity index (χ0) is 18.1. The largest absolute Gasteiger partial charge is 0.368 e. The summed E-state index contributed by atoms with van der Waals surface area (Å²) in [6.07, 6.45) is 1.47. The highest BCUT2D eigenvalue weighted by Crippen LogP contribution is 2.24. The molecule has 3 heterocycles. The summed E-state index contributed by atoms with van der Waals surface area (Å²) in [6, 6.07) is 1.84. The number of nitrogens with zero attached hydrogens (tertiary/aromatic N) is 6. The molecule has 3 rings (SSSR count). The van der Waals surface area contributed by atoms with Crippen LogP contribution in [0.1, 0.15) is 33.5 Å². The molecule has 0 N–H and O–H groups in total. The topological polar surface area (TPSA) is 76.4 Å². The molecule has 0 aromatic carbocycles. The van der Waals surface area contributed by atoms with E-state index in [4.69, 9.17) is 4.74 Å². The maximum atomic E-state index is 13.0. The molecule has 1 atom stereocenters. The molecular formula is C17H24N6O2. The molecule has 0 radical (unpaired) electrons. The second kappa shape index (κ2) is 6.79. The summed E-state index contributed by atoms with van der Waals surface area (Å²) >= 11 is 0. The summed E-state index contributed by atoms with van der Waals surface area (Å²) in [5, 5.41) is 4.35. The second-order valence-corrected chi connectivity index (χ2v) is 6.46. The predicted octanol–water partition coefficient (Wildman–Crippen LogP) is 1.11. The number of aryl methyl sites for hydroxylation is 2. The van der Waals surface area contributed by atoms with Gasteiger partial charge in [0.25, 0.3) is 5.91 Å².